The number of piperidine rings is 1. The third kappa shape index (κ3) is 4.45. The first-order valence-corrected chi connectivity index (χ1v) is 10.1. The van der Waals surface area contributed by atoms with E-state index in [4.69, 9.17) is 4.74 Å². The minimum atomic E-state index is -1.00. The fraction of sp³-hybridized carbons (Fsp3) is 0.318. The van der Waals surface area contributed by atoms with Gasteiger partial charge in [-0.15, -0.1) is 0 Å². The lowest BCUT2D eigenvalue weighted by Gasteiger charge is -2.37. The van der Waals surface area contributed by atoms with E-state index < -0.39 is 17.4 Å². The van der Waals surface area contributed by atoms with Gasteiger partial charge in [0.1, 0.15) is 23.7 Å². The molecular weight excluding hydrogens is 403 g/mol. The molecule has 162 valence electrons. The van der Waals surface area contributed by atoms with Crippen molar-refractivity contribution in [2.24, 2.45) is 0 Å². The quantitative estimate of drug-likeness (QED) is 0.720. The minimum absolute atomic E-state index is 0.144. The molecule has 2 N–H and O–H groups in total. The summed E-state index contributed by atoms with van der Waals surface area (Å²) in [5.74, 6) is -0.0627. The van der Waals surface area contributed by atoms with Gasteiger partial charge in [0.2, 0.25) is 0 Å². The van der Waals surface area contributed by atoms with E-state index in [0.717, 1.165) is 0 Å². The van der Waals surface area contributed by atoms with Gasteiger partial charge in [0.05, 0.1) is 6.54 Å². The summed E-state index contributed by atoms with van der Waals surface area (Å²) in [7, 11) is 0. The van der Waals surface area contributed by atoms with Crippen LogP contribution in [-0.2, 0) is 4.79 Å². The van der Waals surface area contributed by atoms with E-state index >= 15 is 0 Å². The summed E-state index contributed by atoms with van der Waals surface area (Å²) in [6, 6.07) is 14.0. The average molecular weight is 426 g/mol. The molecule has 4 rings (SSSR count). The maximum Gasteiger partial charge on any atom is 0.325 e. The van der Waals surface area contributed by atoms with Crippen molar-refractivity contribution in [1.82, 2.24) is 15.1 Å². The molecule has 0 bridgehead atoms. The normalized spacial score (nSPS) is 17.6. The summed E-state index contributed by atoms with van der Waals surface area (Å²) in [6.45, 7) is 0.926. The Hall–Kier alpha value is -3.62. The van der Waals surface area contributed by atoms with Crippen LogP contribution in [0.15, 0.2) is 54.6 Å². The number of nitrogens with zero attached hydrogens (tertiary/aromatic N) is 2. The molecule has 0 unspecified atom stereocenters. The highest BCUT2D eigenvalue weighted by atomic mass is 19.1. The highest BCUT2D eigenvalue weighted by Gasteiger charge is 2.52. The molecule has 9 heteroatoms. The van der Waals surface area contributed by atoms with Crippen LogP contribution in [0.25, 0.3) is 0 Å². The van der Waals surface area contributed by atoms with Crippen LogP contribution in [0.2, 0.25) is 0 Å². The summed E-state index contributed by atoms with van der Waals surface area (Å²) in [5.41, 5.74) is -0.639. The molecule has 2 fully saturated rings. The number of amides is 5. The number of likely N-dealkylation sites (tertiary alicyclic amines) is 1. The number of halogens is 1. The Balaban J connectivity index is 1.31. The van der Waals surface area contributed by atoms with Crippen molar-refractivity contribution in [3.8, 4) is 5.75 Å². The summed E-state index contributed by atoms with van der Waals surface area (Å²) in [5, 5.41) is 5.46. The molecule has 1 spiro atoms. The van der Waals surface area contributed by atoms with Gasteiger partial charge < -0.3 is 20.3 Å². The van der Waals surface area contributed by atoms with Crippen molar-refractivity contribution in [1.29, 1.82) is 0 Å². The lowest BCUT2D eigenvalue weighted by Crippen LogP contribution is -2.56. The second-order valence-corrected chi connectivity index (χ2v) is 7.56. The molecule has 2 heterocycles. The van der Waals surface area contributed by atoms with Gasteiger partial charge in [-0.1, -0.05) is 24.3 Å². The Morgan fingerprint density at radius 3 is 2.55 bits per heavy atom. The molecule has 0 aliphatic carbocycles. The van der Waals surface area contributed by atoms with E-state index in [1.807, 2.05) is 18.2 Å². The number of ether oxygens (including phenoxy) is 1. The Labute approximate surface area is 179 Å². The predicted molar refractivity (Wildman–Crippen MR) is 111 cm³/mol. The second kappa shape index (κ2) is 8.63. The number of carbonyl (C=O) groups excluding carboxylic acids is 3. The van der Waals surface area contributed by atoms with Crippen LogP contribution in [0, 0.1) is 5.82 Å². The number of benzene rings is 2. The zero-order valence-electron chi connectivity index (χ0n) is 16.8. The van der Waals surface area contributed by atoms with E-state index in [1.165, 1.54) is 23.1 Å². The first kappa shape index (κ1) is 20.6. The third-order valence-corrected chi connectivity index (χ3v) is 5.55. The van der Waals surface area contributed by atoms with Gasteiger partial charge in [-0.3, -0.25) is 9.69 Å². The van der Waals surface area contributed by atoms with E-state index in [2.05, 4.69) is 10.6 Å². The predicted octanol–water partition coefficient (Wildman–Crippen LogP) is 2.82. The highest BCUT2D eigenvalue weighted by molar-refractivity contribution is 6.07. The zero-order valence-corrected chi connectivity index (χ0v) is 16.8. The highest BCUT2D eigenvalue weighted by Crippen LogP contribution is 2.29. The van der Waals surface area contributed by atoms with Gasteiger partial charge in [-0.05, 0) is 43.2 Å². The van der Waals surface area contributed by atoms with Crippen LogP contribution < -0.4 is 15.4 Å². The van der Waals surface area contributed by atoms with Gasteiger partial charge >= 0.3 is 12.1 Å². The molecular formula is C22H23FN4O4. The maximum atomic E-state index is 13.3. The fourth-order valence-electron chi connectivity index (χ4n) is 3.85. The number of nitrogens with one attached hydrogen (secondary N) is 2. The van der Waals surface area contributed by atoms with Gasteiger partial charge in [-0.25, -0.2) is 14.0 Å². The SMILES string of the molecule is O=C(Nc1cccc(F)c1)N1CCC2(CC1)NC(=O)N(CCOc1ccccc1)C2=O. The summed E-state index contributed by atoms with van der Waals surface area (Å²) < 4.78 is 18.9. The van der Waals surface area contributed by atoms with Crippen LogP contribution in [0.1, 0.15) is 12.8 Å². The second-order valence-electron chi connectivity index (χ2n) is 7.56. The number of urea groups is 2. The van der Waals surface area contributed by atoms with Gasteiger partial charge in [0, 0.05) is 18.8 Å². The van der Waals surface area contributed by atoms with Crippen LogP contribution in [0.5, 0.6) is 5.75 Å². The Kier molecular flexibility index (Phi) is 5.75. The molecule has 0 saturated carbocycles. The van der Waals surface area contributed by atoms with Gasteiger partial charge in [0.25, 0.3) is 5.91 Å². The summed E-state index contributed by atoms with van der Waals surface area (Å²) in [4.78, 5) is 40.6. The van der Waals surface area contributed by atoms with E-state index in [1.54, 1.807) is 23.1 Å². The van der Waals surface area contributed by atoms with Crippen molar-refractivity contribution >= 4 is 23.7 Å². The van der Waals surface area contributed by atoms with Crippen molar-refractivity contribution in [3.63, 3.8) is 0 Å². The van der Waals surface area contributed by atoms with Crippen molar-refractivity contribution in [3.05, 3.63) is 60.4 Å². The van der Waals surface area contributed by atoms with Crippen LogP contribution in [0.4, 0.5) is 19.7 Å². The summed E-state index contributed by atoms with van der Waals surface area (Å²) in [6.07, 6.45) is 0.619. The molecule has 2 aromatic carbocycles. The molecule has 0 radical (unpaired) electrons. The zero-order chi connectivity index (χ0) is 21.8. The van der Waals surface area contributed by atoms with E-state index in [-0.39, 0.29) is 25.1 Å². The minimum Gasteiger partial charge on any atom is -0.492 e. The van der Waals surface area contributed by atoms with Crippen molar-refractivity contribution in [2.75, 3.05) is 31.6 Å². The number of imide groups is 1. The molecule has 2 aliphatic rings. The maximum absolute atomic E-state index is 13.3. The number of hydrogen-bond donors (Lipinski definition) is 2. The lowest BCUT2D eigenvalue weighted by atomic mass is 9.87. The average Bonchev–Trinajstić information content (AvgIpc) is 2.99. The molecule has 2 aromatic rings. The molecule has 8 nitrogen and oxygen atoms in total. The molecule has 31 heavy (non-hydrogen) atoms. The Morgan fingerprint density at radius 2 is 1.84 bits per heavy atom. The number of anilines is 1. The Bertz CT molecular complexity index is 976. The lowest BCUT2D eigenvalue weighted by molar-refractivity contribution is -0.133. The van der Waals surface area contributed by atoms with Crippen molar-refractivity contribution in [2.45, 2.75) is 18.4 Å². The molecule has 2 saturated heterocycles. The monoisotopic (exact) mass is 426 g/mol. The topological polar surface area (TPSA) is 91.0 Å². The first-order valence-electron chi connectivity index (χ1n) is 10.1. The molecule has 5 amide bonds. The first-order chi connectivity index (χ1) is 15.0. The number of para-hydroxylation sites is 1. The Morgan fingerprint density at radius 1 is 1.10 bits per heavy atom. The van der Waals surface area contributed by atoms with Crippen LogP contribution in [-0.4, -0.2) is 59.5 Å². The van der Waals surface area contributed by atoms with E-state index in [9.17, 15) is 18.8 Å². The molecule has 0 atom stereocenters. The largest absolute Gasteiger partial charge is 0.492 e. The van der Waals surface area contributed by atoms with Gasteiger partial charge in [0.15, 0.2) is 0 Å². The van der Waals surface area contributed by atoms with Crippen LogP contribution >= 0.6 is 0 Å². The summed E-state index contributed by atoms with van der Waals surface area (Å²) >= 11 is 0. The number of carbonyl (C=O) groups is 3. The van der Waals surface area contributed by atoms with Crippen molar-refractivity contribution < 1.29 is 23.5 Å². The third-order valence-electron chi connectivity index (χ3n) is 5.55. The number of rotatable bonds is 5. The number of hydrogen-bond acceptors (Lipinski definition) is 4. The molecule has 2 aliphatic heterocycles. The van der Waals surface area contributed by atoms with E-state index in [0.29, 0.717) is 37.4 Å². The standard InChI is InChI=1S/C22H23FN4O4/c23-16-5-4-6-17(15-16)24-20(29)26-11-9-22(10-12-26)19(28)27(21(30)25-22)13-14-31-18-7-2-1-3-8-18/h1-8,15H,9-14H2,(H,24,29)(H,25,30). The van der Waals surface area contributed by atoms with Gasteiger partial charge in [-0.2, -0.15) is 0 Å². The van der Waals surface area contributed by atoms with Crippen LogP contribution in [0.3, 0.4) is 0 Å². The fourth-order valence-corrected chi connectivity index (χ4v) is 3.85. The smallest absolute Gasteiger partial charge is 0.325 e. The molecule has 0 aromatic heterocycles.